The molecule has 0 amide bonds. The van der Waals surface area contributed by atoms with E-state index in [-0.39, 0.29) is 5.41 Å². The number of allylic oxidation sites excluding steroid dienone is 5. The molecule has 64 valence electrons. The molecule has 0 aromatic rings. The second kappa shape index (κ2) is 3.39. The van der Waals surface area contributed by atoms with Gasteiger partial charge in [0.1, 0.15) is 5.76 Å². The fourth-order valence-electron chi connectivity index (χ4n) is 0.955. The van der Waals surface area contributed by atoms with Crippen molar-refractivity contribution in [3.05, 3.63) is 36.1 Å². The van der Waals surface area contributed by atoms with Crippen LogP contribution in [0.3, 0.4) is 0 Å². The van der Waals surface area contributed by atoms with Crippen molar-refractivity contribution in [1.29, 1.82) is 5.41 Å². The average molecular weight is 163 g/mol. The van der Waals surface area contributed by atoms with Crippen LogP contribution >= 0.6 is 0 Å². The fraction of sp³-hybridized carbons (Fsp3) is 0.300. The van der Waals surface area contributed by atoms with Gasteiger partial charge in [0.05, 0.1) is 7.11 Å². The lowest BCUT2D eigenvalue weighted by atomic mass is 9.92. The highest BCUT2D eigenvalue weighted by Gasteiger charge is 2.14. The van der Waals surface area contributed by atoms with Gasteiger partial charge in [-0.1, -0.05) is 18.2 Å². The maximum absolute atomic E-state index is 7.22. The molecular weight excluding hydrogens is 150 g/mol. The molecule has 0 radical (unpaired) electrons. The zero-order valence-electron chi connectivity index (χ0n) is 7.37. The molecule has 0 aromatic carbocycles. The van der Waals surface area contributed by atoms with Gasteiger partial charge in [-0.25, -0.2) is 0 Å². The molecule has 12 heavy (non-hydrogen) atoms. The predicted octanol–water partition coefficient (Wildman–Crippen LogP) is 2.30. The van der Waals surface area contributed by atoms with E-state index in [0.29, 0.717) is 0 Å². The predicted molar refractivity (Wildman–Crippen MR) is 50.3 cm³/mol. The van der Waals surface area contributed by atoms with E-state index in [1.165, 1.54) is 6.21 Å². The van der Waals surface area contributed by atoms with Crippen LogP contribution in [0.25, 0.3) is 0 Å². The summed E-state index contributed by atoms with van der Waals surface area (Å²) >= 11 is 0. The standard InChI is InChI=1S/C10H13NO/c1-10(8-11)6-3-4-9(12-2)5-7-10/h3-8,11H,1-2H3. The van der Waals surface area contributed by atoms with Crippen molar-refractivity contribution in [3.8, 4) is 0 Å². The van der Waals surface area contributed by atoms with Crippen LogP contribution in [-0.2, 0) is 4.74 Å². The second-order valence-electron chi connectivity index (χ2n) is 2.98. The molecule has 1 unspecified atom stereocenters. The van der Waals surface area contributed by atoms with Gasteiger partial charge in [-0.15, -0.1) is 0 Å². The Bertz CT molecular complexity index is 263. The van der Waals surface area contributed by atoms with Crippen molar-refractivity contribution < 1.29 is 4.74 Å². The van der Waals surface area contributed by atoms with Gasteiger partial charge >= 0.3 is 0 Å². The highest BCUT2D eigenvalue weighted by atomic mass is 16.5. The topological polar surface area (TPSA) is 33.1 Å². The van der Waals surface area contributed by atoms with Crippen molar-refractivity contribution >= 4 is 6.21 Å². The zero-order chi connectivity index (χ0) is 9.03. The zero-order valence-corrected chi connectivity index (χ0v) is 7.37. The molecule has 2 heteroatoms. The summed E-state index contributed by atoms with van der Waals surface area (Å²) in [5.74, 6) is 0.817. The highest BCUT2D eigenvalue weighted by Crippen LogP contribution is 2.21. The molecule has 0 aromatic heterocycles. The number of methoxy groups -OCH3 is 1. The van der Waals surface area contributed by atoms with E-state index in [2.05, 4.69) is 0 Å². The Morgan fingerprint density at radius 2 is 2.25 bits per heavy atom. The first-order valence-corrected chi connectivity index (χ1v) is 3.84. The summed E-state index contributed by atoms with van der Waals surface area (Å²) in [4.78, 5) is 0. The van der Waals surface area contributed by atoms with Crippen LogP contribution in [0, 0.1) is 10.8 Å². The molecule has 1 aliphatic rings. The third-order valence-electron chi connectivity index (χ3n) is 1.87. The van der Waals surface area contributed by atoms with Gasteiger partial charge in [0.15, 0.2) is 0 Å². The lowest BCUT2D eigenvalue weighted by Crippen LogP contribution is -2.09. The summed E-state index contributed by atoms with van der Waals surface area (Å²) in [5.41, 5.74) is -0.267. The summed E-state index contributed by atoms with van der Waals surface area (Å²) in [6, 6.07) is 0. The van der Waals surface area contributed by atoms with Crippen LogP contribution in [0.2, 0.25) is 0 Å². The third kappa shape index (κ3) is 1.84. The van der Waals surface area contributed by atoms with Crippen LogP contribution < -0.4 is 0 Å². The fourth-order valence-corrected chi connectivity index (χ4v) is 0.955. The molecule has 1 aliphatic carbocycles. The van der Waals surface area contributed by atoms with Gasteiger partial charge in [-0.05, 0) is 19.1 Å². The van der Waals surface area contributed by atoms with Crippen LogP contribution in [0.15, 0.2) is 36.1 Å². The molecule has 1 atom stereocenters. The minimum Gasteiger partial charge on any atom is -0.497 e. The van der Waals surface area contributed by atoms with Crippen molar-refractivity contribution in [1.82, 2.24) is 0 Å². The molecular formula is C10H13NO. The van der Waals surface area contributed by atoms with Gasteiger partial charge in [0, 0.05) is 11.6 Å². The van der Waals surface area contributed by atoms with E-state index in [1.54, 1.807) is 7.11 Å². The van der Waals surface area contributed by atoms with E-state index in [1.807, 2.05) is 37.3 Å². The molecule has 0 heterocycles. The molecule has 1 N–H and O–H groups in total. The summed E-state index contributed by atoms with van der Waals surface area (Å²) in [7, 11) is 1.64. The van der Waals surface area contributed by atoms with Gasteiger partial charge in [-0.2, -0.15) is 0 Å². The van der Waals surface area contributed by atoms with Crippen LogP contribution in [-0.4, -0.2) is 13.3 Å². The first kappa shape index (κ1) is 8.78. The SMILES string of the molecule is COC1=CC=CC(C)(C=N)C=C1. The number of hydrogen-bond donors (Lipinski definition) is 1. The number of hydrogen-bond acceptors (Lipinski definition) is 2. The van der Waals surface area contributed by atoms with Crippen LogP contribution in [0.5, 0.6) is 0 Å². The number of nitrogens with one attached hydrogen (secondary N) is 1. The first-order valence-electron chi connectivity index (χ1n) is 3.84. The molecule has 0 spiro atoms. The van der Waals surface area contributed by atoms with Gasteiger partial charge < -0.3 is 10.1 Å². The molecule has 0 saturated carbocycles. The van der Waals surface area contributed by atoms with Gasteiger partial charge in [0.25, 0.3) is 0 Å². The van der Waals surface area contributed by atoms with E-state index < -0.39 is 0 Å². The molecule has 0 fully saturated rings. The largest absolute Gasteiger partial charge is 0.497 e. The van der Waals surface area contributed by atoms with Gasteiger partial charge in [0.2, 0.25) is 0 Å². The highest BCUT2D eigenvalue weighted by molar-refractivity contribution is 5.68. The maximum Gasteiger partial charge on any atom is 0.118 e. The van der Waals surface area contributed by atoms with Crippen molar-refractivity contribution in [2.45, 2.75) is 6.92 Å². The molecule has 1 rings (SSSR count). The van der Waals surface area contributed by atoms with Crippen LogP contribution in [0.4, 0.5) is 0 Å². The molecule has 2 nitrogen and oxygen atoms in total. The summed E-state index contributed by atoms with van der Waals surface area (Å²) < 4.78 is 5.06. The Hall–Kier alpha value is -1.31. The Morgan fingerprint density at radius 1 is 1.50 bits per heavy atom. The average Bonchev–Trinajstić information content (AvgIpc) is 2.28. The van der Waals surface area contributed by atoms with Crippen molar-refractivity contribution in [2.24, 2.45) is 5.41 Å². The third-order valence-corrected chi connectivity index (χ3v) is 1.87. The summed E-state index contributed by atoms with van der Waals surface area (Å²) in [5, 5.41) is 7.22. The first-order chi connectivity index (χ1) is 5.70. The molecule has 0 aliphatic heterocycles. The van der Waals surface area contributed by atoms with E-state index in [4.69, 9.17) is 10.1 Å². The van der Waals surface area contributed by atoms with Crippen LogP contribution in [0.1, 0.15) is 6.92 Å². The molecule has 0 bridgehead atoms. The van der Waals surface area contributed by atoms with Gasteiger partial charge in [-0.3, -0.25) is 0 Å². The molecule has 0 saturated heterocycles. The Kier molecular flexibility index (Phi) is 2.48. The number of rotatable bonds is 2. The lowest BCUT2D eigenvalue weighted by Gasteiger charge is -2.12. The number of ether oxygens (including phenoxy) is 1. The minimum atomic E-state index is -0.267. The van der Waals surface area contributed by atoms with Crippen molar-refractivity contribution in [3.63, 3.8) is 0 Å². The summed E-state index contributed by atoms with van der Waals surface area (Å²) in [6.07, 6.45) is 11.0. The van der Waals surface area contributed by atoms with E-state index in [9.17, 15) is 0 Å². The normalized spacial score (nSPS) is 27.7. The Morgan fingerprint density at radius 3 is 2.83 bits per heavy atom. The second-order valence-corrected chi connectivity index (χ2v) is 2.98. The monoisotopic (exact) mass is 163 g/mol. The maximum atomic E-state index is 7.22. The Balaban J connectivity index is 2.90. The summed E-state index contributed by atoms with van der Waals surface area (Å²) in [6.45, 7) is 1.97. The minimum absolute atomic E-state index is 0.267. The van der Waals surface area contributed by atoms with E-state index >= 15 is 0 Å². The Labute approximate surface area is 72.7 Å². The quantitative estimate of drug-likeness (QED) is 0.622. The lowest BCUT2D eigenvalue weighted by molar-refractivity contribution is 0.307. The smallest absolute Gasteiger partial charge is 0.118 e. The van der Waals surface area contributed by atoms with Crippen molar-refractivity contribution in [2.75, 3.05) is 7.11 Å². The van der Waals surface area contributed by atoms with E-state index in [0.717, 1.165) is 5.76 Å².